The van der Waals surface area contributed by atoms with Gasteiger partial charge in [0.05, 0.1) is 18.6 Å². The number of carbonyl (C=O) groups is 3. The van der Waals surface area contributed by atoms with Crippen LogP contribution in [0.25, 0.3) is 11.1 Å². The van der Waals surface area contributed by atoms with E-state index in [4.69, 9.17) is 4.74 Å². The standard InChI is InChI=1S/C25H28N2O6/c1-15-22(28)11-6-12-27(15)24(31)21(13-23(29)30)26-25(32)33-14-20-18-9-4-2-7-16(18)17-8-3-5-10-19(17)20/h2-5,7-10,15,20-22,28H,6,11-14H2,1H3,(H,26,32)(H,29,30)/t15-,21?,22-/m1/s1. The van der Waals surface area contributed by atoms with Crippen LogP contribution in [0.5, 0.6) is 0 Å². The lowest BCUT2D eigenvalue weighted by molar-refractivity contribution is -0.145. The van der Waals surface area contributed by atoms with Gasteiger partial charge in [0.1, 0.15) is 12.6 Å². The molecule has 0 aromatic heterocycles. The van der Waals surface area contributed by atoms with E-state index in [1.54, 1.807) is 6.92 Å². The molecule has 3 atom stereocenters. The number of fused-ring (bicyclic) bond motifs is 3. The van der Waals surface area contributed by atoms with E-state index in [2.05, 4.69) is 5.32 Å². The number of carbonyl (C=O) groups excluding carboxylic acids is 2. The molecule has 2 aromatic rings. The van der Waals surface area contributed by atoms with Crippen molar-refractivity contribution in [3.8, 4) is 11.1 Å². The van der Waals surface area contributed by atoms with Gasteiger partial charge in [-0.25, -0.2) is 4.79 Å². The van der Waals surface area contributed by atoms with Crippen molar-refractivity contribution in [1.29, 1.82) is 0 Å². The van der Waals surface area contributed by atoms with Gasteiger partial charge in [-0.05, 0) is 42.0 Å². The lowest BCUT2D eigenvalue weighted by Gasteiger charge is -2.38. The number of amides is 2. The number of benzene rings is 2. The van der Waals surface area contributed by atoms with E-state index < -0.39 is 42.6 Å². The maximum absolute atomic E-state index is 13.0. The molecule has 33 heavy (non-hydrogen) atoms. The van der Waals surface area contributed by atoms with Gasteiger partial charge in [-0.3, -0.25) is 9.59 Å². The molecule has 3 N–H and O–H groups in total. The minimum Gasteiger partial charge on any atom is -0.481 e. The van der Waals surface area contributed by atoms with Crippen LogP contribution in [0.3, 0.4) is 0 Å². The molecule has 1 aliphatic heterocycles. The molecule has 2 amide bonds. The van der Waals surface area contributed by atoms with E-state index in [0.717, 1.165) is 22.3 Å². The molecule has 1 aliphatic carbocycles. The molecule has 1 heterocycles. The van der Waals surface area contributed by atoms with Gasteiger partial charge in [0, 0.05) is 12.5 Å². The molecule has 1 fully saturated rings. The van der Waals surface area contributed by atoms with Gasteiger partial charge in [-0.1, -0.05) is 48.5 Å². The van der Waals surface area contributed by atoms with Crippen LogP contribution in [-0.4, -0.2) is 64.4 Å². The second-order valence-corrected chi connectivity index (χ2v) is 8.60. The normalized spacial score (nSPS) is 20.5. The van der Waals surface area contributed by atoms with Gasteiger partial charge in [-0.2, -0.15) is 0 Å². The number of aliphatic hydroxyl groups is 1. The van der Waals surface area contributed by atoms with Crippen molar-refractivity contribution in [2.24, 2.45) is 0 Å². The highest BCUT2D eigenvalue weighted by atomic mass is 16.5. The molecule has 8 nitrogen and oxygen atoms in total. The van der Waals surface area contributed by atoms with Gasteiger partial charge in [0.2, 0.25) is 5.91 Å². The molecular formula is C25H28N2O6. The molecule has 1 saturated heterocycles. The number of carboxylic acid groups (broad SMARTS) is 1. The first kappa shape index (κ1) is 22.8. The molecule has 4 rings (SSSR count). The zero-order chi connectivity index (χ0) is 23.5. The molecular weight excluding hydrogens is 424 g/mol. The number of piperidine rings is 1. The number of carboxylic acids is 1. The highest BCUT2D eigenvalue weighted by Crippen LogP contribution is 2.44. The number of likely N-dealkylation sites (tertiary alicyclic amines) is 1. The van der Waals surface area contributed by atoms with E-state index in [1.807, 2.05) is 48.5 Å². The summed E-state index contributed by atoms with van der Waals surface area (Å²) in [7, 11) is 0. The summed E-state index contributed by atoms with van der Waals surface area (Å²) in [6, 6.07) is 14.1. The lowest BCUT2D eigenvalue weighted by Crippen LogP contribution is -2.56. The molecule has 2 aliphatic rings. The predicted molar refractivity (Wildman–Crippen MR) is 121 cm³/mol. The Balaban J connectivity index is 1.44. The summed E-state index contributed by atoms with van der Waals surface area (Å²) in [6.07, 6.45) is -0.900. The van der Waals surface area contributed by atoms with Crippen LogP contribution < -0.4 is 5.32 Å². The number of aliphatic hydroxyl groups excluding tert-OH is 1. The summed E-state index contributed by atoms with van der Waals surface area (Å²) in [5.74, 6) is -1.89. The second-order valence-electron chi connectivity index (χ2n) is 8.60. The Morgan fingerprint density at radius 2 is 1.70 bits per heavy atom. The number of nitrogens with one attached hydrogen (secondary N) is 1. The number of alkyl carbamates (subject to hydrolysis) is 1. The van der Waals surface area contributed by atoms with Crippen LogP contribution in [0.15, 0.2) is 48.5 Å². The molecule has 8 heteroatoms. The molecule has 0 bridgehead atoms. The lowest BCUT2D eigenvalue weighted by atomic mass is 9.98. The average Bonchev–Trinajstić information content (AvgIpc) is 3.12. The molecule has 0 saturated carbocycles. The summed E-state index contributed by atoms with van der Waals surface area (Å²) in [5.41, 5.74) is 4.30. The summed E-state index contributed by atoms with van der Waals surface area (Å²) < 4.78 is 5.47. The van der Waals surface area contributed by atoms with E-state index in [9.17, 15) is 24.6 Å². The molecule has 0 radical (unpaired) electrons. The molecule has 174 valence electrons. The number of hydrogen-bond acceptors (Lipinski definition) is 5. The van der Waals surface area contributed by atoms with E-state index >= 15 is 0 Å². The summed E-state index contributed by atoms with van der Waals surface area (Å²) in [5, 5.41) is 21.8. The van der Waals surface area contributed by atoms with Gasteiger partial charge < -0.3 is 25.2 Å². The number of aliphatic carboxylic acids is 1. The first-order valence-corrected chi connectivity index (χ1v) is 11.2. The number of hydrogen-bond donors (Lipinski definition) is 3. The smallest absolute Gasteiger partial charge is 0.407 e. The van der Waals surface area contributed by atoms with Crippen LogP contribution in [0, 0.1) is 0 Å². The van der Waals surface area contributed by atoms with Crippen molar-refractivity contribution in [3.63, 3.8) is 0 Å². The topological polar surface area (TPSA) is 116 Å². The molecule has 1 unspecified atom stereocenters. The van der Waals surface area contributed by atoms with Gasteiger partial charge >= 0.3 is 12.1 Å². The zero-order valence-electron chi connectivity index (χ0n) is 18.4. The van der Waals surface area contributed by atoms with Crippen LogP contribution in [-0.2, 0) is 14.3 Å². The van der Waals surface area contributed by atoms with Gasteiger partial charge in [0.25, 0.3) is 0 Å². The Hall–Kier alpha value is -3.39. The van der Waals surface area contributed by atoms with Crippen molar-refractivity contribution in [3.05, 3.63) is 59.7 Å². The van der Waals surface area contributed by atoms with Crippen LogP contribution in [0.2, 0.25) is 0 Å². The van der Waals surface area contributed by atoms with E-state index in [-0.39, 0.29) is 12.5 Å². The highest BCUT2D eigenvalue weighted by molar-refractivity contribution is 5.89. The quantitative estimate of drug-likeness (QED) is 0.621. The Bertz CT molecular complexity index is 1010. The first-order chi connectivity index (χ1) is 15.9. The minimum absolute atomic E-state index is 0.0622. The van der Waals surface area contributed by atoms with Gasteiger partial charge in [0.15, 0.2) is 0 Å². The maximum Gasteiger partial charge on any atom is 0.407 e. The molecule has 2 aromatic carbocycles. The first-order valence-electron chi connectivity index (χ1n) is 11.2. The SMILES string of the molecule is C[C@@H]1[C@H](O)CCCN1C(=O)C(CC(=O)O)NC(=O)OCC1c2ccccc2-c2ccccc21. The van der Waals surface area contributed by atoms with Gasteiger partial charge in [-0.15, -0.1) is 0 Å². The number of nitrogens with zero attached hydrogens (tertiary/aromatic N) is 1. The fourth-order valence-corrected chi connectivity index (χ4v) is 4.79. The van der Waals surface area contributed by atoms with E-state index in [0.29, 0.717) is 19.4 Å². The third kappa shape index (κ3) is 4.71. The third-order valence-electron chi connectivity index (χ3n) is 6.54. The van der Waals surface area contributed by atoms with Crippen LogP contribution in [0.1, 0.15) is 43.2 Å². The van der Waals surface area contributed by atoms with Crippen molar-refractivity contribution in [2.45, 2.75) is 50.3 Å². The Morgan fingerprint density at radius 1 is 1.09 bits per heavy atom. The average molecular weight is 453 g/mol. The maximum atomic E-state index is 13.0. The number of ether oxygens (including phenoxy) is 1. The van der Waals surface area contributed by atoms with Crippen molar-refractivity contribution >= 4 is 18.0 Å². The van der Waals surface area contributed by atoms with E-state index in [1.165, 1.54) is 4.90 Å². The largest absolute Gasteiger partial charge is 0.481 e. The van der Waals surface area contributed by atoms with Crippen molar-refractivity contribution in [1.82, 2.24) is 10.2 Å². The molecule has 0 spiro atoms. The van der Waals surface area contributed by atoms with Crippen molar-refractivity contribution in [2.75, 3.05) is 13.2 Å². The highest BCUT2D eigenvalue weighted by Gasteiger charge is 2.36. The summed E-state index contributed by atoms with van der Waals surface area (Å²) >= 11 is 0. The fraction of sp³-hybridized carbons (Fsp3) is 0.400. The summed E-state index contributed by atoms with van der Waals surface area (Å²) in [6.45, 7) is 2.18. The fourth-order valence-electron chi connectivity index (χ4n) is 4.79. The van der Waals surface area contributed by atoms with Crippen LogP contribution in [0.4, 0.5) is 4.79 Å². The second kappa shape index (κ2) is 9.62. The van der Waals surface area contributed by atoms with Crippen molar-refractivity contribution < 1.29 is 29.3 Å². The Kier molecular flexibility index (Phi) is 6.65. The Morgan fingerprint density at radius 3 is 2.30 bits per heavy atom. The minimum atomic E-state index is -1.27. The Labute approximate surface area is 192 Å². The third-order valence-corrected chi connectivity index (χ3v) is 6.54. The monoisotopic (exact) mass is 452 g/mol. The zero-order valence-corrected chi connectivity index (χ0v) is 18.4. The van der Waals surface area contributed by atoms with Crippen LogP contribution >= 0.6 is 0 Å². The number of rotatable bonds is 6. The predicted octanol–water partition coefficient (Wildman–Crippen LogP) is 2.74. The summed E-state index contributed by atoms with van der Waals surface area (Å²) in [4.78, 5) is 38.4.